The maximum atomic E-state index is 12.9. The lowest BCUT2D eigenvalue weighted by Gasteiger charge is -2.36. The summed E-state index contributed by atoms with van der Waals surface area (Å²) in [7, 11) is 0. The molecule has 29 heavy (non-hydrogen) atoms. The van der Waals surface area contributed by atoms with Crippen molar-refractivity contribution in [3.8, 4) is 0 Å². The lowest BCUT2D eigenvalue weighted by atomic mass is 9.96. The van der Waals surface area contributed by atoms with Gasteiger partial charge in [0.05, 0.1) is 22.4 Å². The lowest BCUT2D eigenvalue weighted by molar-refractivity contribution is 0.0662. The fraction of sp³-hybridized carbons (Fsp3) is 0.545. The standard InChI is InChI=1S/C22H29N5O2/c1-15-16(2)24-20-14-17(8-9-19(20)23-15)21(28)26-10-12-27(13-11-26)22(29)25-18-6-4-3-5-7-18/h8-9,14,18H,3-7,10-13H2,1-2H3,(H,25,29). The Labute approximate surface area is 171 Å². The molecule has 7 nitrogen and oxygen atoms in total. The molecule has 1 N–H and O–H groups in total. The summed E-state index contributed by atoms with van der Waals surface area (Å²) >= 11 is 0. The highest BCUT2D eigenvalue weighted by atomic mass is 16.2. The summed E-state index contributed by atoms with van der Waals surface area (Å²) in [6.07, 6.45) is 5.82. The largest absolute Gasteiger partial charge is 0.335 e. The lowest BCUT2D eigenvalue weighted by Crippen LogP contribution is -2.54. The molecule has 0 bridgehead atoms. The van der Waals surface area contributed by atoms with Gasteiger partial charge in [-0.15, -0.1) is 0 Å². The molecule has 154 valence electrons. The van der Waals surface area contributed by atoms with Gasteiger partial charge in [0.1, 0.15) is 0 Å². The highest BCUT2D eigenvalue weighted by Gasteiger charge is 2.26. The maximum Gasteiger partial charge on any atom is 0.317 e. The second-order valence-corrected chi connectivity index (χ2v) is 8.16. The summed E-state index contributed by atoms with van der Waals surface area (Å²) in [4.78, 5) is 38.2. The number of hydrogen-bond acceptors (Lipinski definition) is 4. The zero-order valence-electron chi connectivity index (χ0n) is 17.3. The molecular formula is C22H29N5O2. The third-order valence-corrected chi connectivity index (χ3v) is 6.11. The molecule has 1 aromatic heterocycles. The van der Waals surface area contributed by atoms with Crippen LogP contribution in [0.1, 0.15) is 53.8 Å². The minimum Gasteiger partial charge on any atom is -0.335 e. The van der Waals surface area contributed by atoms with Crippen molar-refractivity contribution < 1.29 is 9.59 Å². The van der Waals surface area contributed by atoms with Gasteiger partial charge in [-0.25, -0.2) is 14.8 Å². The van der Waals surface area contributed by atoms with Gasteiger partial charge >= 0.3 is 6.03 Å². The number of hydrogen-bond donors (Lipinski definition) is 1. The van der Waals surface area contributed by atoms with E-state index in [9.17, 15) is 9.59 Å². The van der Waals surface area contributed by atoms with Gasteiger partial charge in [0.25, 0.3) is 5.91 Å². The molecule has 2 heterocycles. The monoisotopic (exact) mass is 395 g/mol. The predicted octanol–water partition coefficient (Wildman–Crippen LogP) is 3.05. The van der Waals surface area contributed by atoms with Crippen molar-refractivity contribution in [3.63, 3.8) is 0 Å². The van der Waals surface area contributed by atoms with Crippen LogP contribution in [0.5, 0.6) is 0 Å². The number of carbonyl (C=O) groups excluding carboxylic acids is 2. The molecule has 2 fully saturated rings. The number of aryl methyl sites for hydroxylation is 2. The van der Waals surface area contributed by atoms with E-state index in [2.05, 4.69) is 15.3 Å². The van der Waals surface area contributed by atoms with Gasteiger partial charge in [-0.3, -0.25) is 4.79 Å². The Morgan fingerprint density at radius 3 is 2.21 bits per heavy atom. The Kier molecular flexibility index (Phi) is 5.65. The van der Waals surface area contributed by atoms with Crippen molar-refractivity contribution in [3.05, 3.63) is 35.2 Å². The molecule has 2 aliphatic rings. The number of amides is 3. The highest BCUT2D eigenvalue weighted by Crippen LogP contribution is 2.19. The smallest absolute Gasteiger partial charge is 0.317 e. The van der Waals surface area contributed by atoms with Crippen molar-refractivity contribution in [2.24, 2.45) is 0 Å². The van der Waals surface area contributed by atoms with Crippen molar-refractivity contribution >= 4 is 23.0 Å². The summed E-state index contributed by atoms with van der Waals surface area (Å²) in [5, 5.41) is 3.16. The zero-order chi connectivity index (χ0) is 20.4. The van der Waals surface area contributed by atoms with Crippen LogP contribution in [0.4, 0.5) is 4.79 Å². The van der Waals surface area contributed by atoms with E-state index in [1.165, 1.54) is 19.3 Å². The van der Waals surface area contributed by atoms with Crippen LogP contribution in [0, 0.1) is 13.8 Å². The van der Waals surface area contributed by atoms with Crippen molar-refractivity contribution in [2.75, 3.05) is 26.2 Å². The SMILES string of the molecule is Cc1nc2ccc(C(=O)N3CCN(C(=O)NC4CCCCC4)CC3)cc2nc1C. The molecule has 1 aliphatic carbocycles. The Balaban J connectivity index is 1.36. The molecule has 1 aliphatic heterocycles. The summed E-state index contributed by atoms with van der Waals surface area (Å²) in [6.45, 7) is 6.09. The minimum atomic E-state index is -0.0146. The van der Waals surface area contributed by atoms with E-state index >= 15 is 0 Å². The second-order valence-electron chi connectivity index (χ2n) is 8.16. The molecule has 0 spiro atoms. The van der Waals surface area contributed by atoms with Gasteiger partial charge in [-0.1, -0.05) is 19.3 Å². The average Bonchev–Trinajstić information content (AvgIpc) is 2.74. The van der Waals surface area contributed by atoms with Crippen molar-refractivity contribution in [1.29, 1.82) is 0 Å². The number of carbonyl (C=O) groups is 2. The van der Waals surface area contributed by atoms with Crippen LogP contribution in [0.2, 0.25) is 0 Å². The fourth-order valence-corrected chi connectivity index (χ4v) is 4.17. The normalized spacial score (nSPS) is 18.1. The molecule has 7 heteroatoms. The van der Waals surface area contributed by atoms with Crippen LogP contribution < -0.4 is 5.32 Å². The van der Waals surface area contributed by atoms with Crippen LogP contribution in [-0.2, 0) is 0 Å². The Morgan fingerprint density at radius 1 is 0.897 bits per heavy atom. The summed E-state index contributed by atoms with van der Waals surface area (Å²) in [5.74, 6) is -0.0146. The second kappa shape index (κ2) is 8.35. The van der Waals surface area contributed by atoms with E-state index in [1.807, 2.05) is 41.8 Å². The van der Waals surface area contributed by atoms with Crippen LogP contribution in [0.25, 0.3) is 11.0 Å². The first kappa shape index (κ1) is 19.6. The van der Waals surface area contributed by atoms with Crippen LogP contribution in [0.3, 0.4) is 0 Å². The maximum absolute atomic E-state index is 12.9. The molecule has 3 amide bonds. The molecule has 1 saturated heterocycles. The zero-order valence-corrected chi connectivity index (χ0v) is 17.3. The van der Waals surface area contributed by atoms with Gasteiger partial charge in [0, 0.05) is 37.8 Å². The van der Waals surface area contributed by atoms with Crippen LogP contribution in [0.15, 0.2) is 18.2 Å². The molecular weight excluding hydrogens is 366 g/mol. The van der Waals surface area contributed by atoms with Crippen molar-refractivity contribution in [1.82, 2.24) is 25.1 Å². The Bertz CT molecular complexity index is 915. The molecule has 1 saturated carbocycles. The first-order valence-electron chi connectivity index (χ1n) is 10.6. The molecule has 0 unspecified atom stereocenters. The Hall–Kier alpha value is -2.70. The Morgan fingerprint density at radius 2 is 1.52 bits per heavy atom. The van der Waals surface area contributed by atoms with Crippen LogP contribution in [-0.4, -0.2) is 63.9 Å². The quantitative estimate of drug-likeness (QED) is 0.848. The van der Waals surface area contributed by atoms with Gasteiger partial charge < -0.3 is 15.1 Å². The average molecular weight is 396 g/mol. The van der Waals surface area contributed by atoms with E-state index in [1.54, 1.807) is 0 Å². The van der Waals surface area contributed by atoms with Crippen LogP contribution >= 0.6 is 0 Å². The van der Waals surface area contributed by atoms with Gasteiger partial charge in [0.2, 0.25) is 0 Å². The van der Waals surface area contributed by atoms with E-state index in [0.717, 1.165) is 35.3 Å². The molecule has 0 radical (unpaired) electrons. The number of benzene rings is 1. The summed E-state index contributed by atoms with van der Waals surface area (Å²) < 4.78 is 0. The number of nitrogens with zero attached hydrogens (tertiary/aromatic N) is 4. The number of piperazine rings is 1. The van der Waals surface area contributed by atoms with Gasteiger partial charge in [0.15, 0.2) is 0 Å². The minimum absolute atomic E-state index is 0.0100. The first-order chi connectivity index (χ1) is 14.0. The molecule has 2 aromatic rings. The van der Waals surface area contributed by atoms with Gasteiger partial charge in [-0.05, 0) is 44.9 Å². The van der Waals surface area contributed by atoms with Gasteiger partial charge in [-0.2, -0.15) is 0 Å². The predicted molar refractivity (Wildman–Crippen MR) is 112 cm³/mol. The highest BCUT2D eigenvalue weighted by molar-refractivity contribution is 5.97. The molecule has 1 aromatic carbocycles. The fourth-order valence-electron chi connectivity index (χ4n) is 4.17. The van der Waals surface area contributed by atoms with E-state index in [0.29, 0.717) is 37.8 Å². The summed E-state index contributed by atoms with van der Waals surface area (Å²) in [6, 6.07) is 5.81. The third-order valence-electron chi connectivity index (χ3n) is 6.11. The molecule has 0 atom stereocenters. The third kappa shape index (κ3) is 4.33. The number of urea groups is 1. The van der Waals surface area contributed by atoms with E-state index < -0.39 is 0 Å². The number of aromatic nitrogens is 2. The first-order valence-corrected chi connectivity index (χ1v) is 10.6. The number of rotatable bonds is 2. The topological polar surface area (TPSA) is 78.4 Å². The molecule has 4 rings (SSSR count). The van der Waals surface area contributed by atoms with E-state index in [-0.39, 0.29) is 11.9 Å². The van der Waals surface area contributed by atoms with Crippen molar-refractivity contribution in [2.45, 2.75) is 52.0 Å². The summed E-state index contributed by atoms with van der Waals surface area (Å²) in [5.41, 5.74) is 3.94. The number of fused-ring (bicyclic) bond motifs is 1. The number of nitrogens with one attached hydrogen (secondary N) is 1. The van der Waals surface area contributed by atoms with E-state index in [4.69, 9.17) is 0 Å².